The molecule has 2 atom stereocenters. The SMILES string of the molecule is Cc1nnc(-c2ccc(Oc3cc(C(=O)N[C@H]4CC(=O)N(C5CC5)C4)ccc3CN3CC(C(F)(F)F)CC3=O)cc2)s1. The average Bonchev–Trinajstić information content (AvgIpc) is 3.42. The Kier molecular flexibility index (Phi) is 7.37. The van der Waals surface area contributed by atoms with Crippen LogP contribution in [-0.2, 0) is 16.1 Å². The van der Waals surface area contributed by atoms with Crippen molar-refractivity contribution in [3.63, 3.8) is 0 Å². The molecule has 3 aromatic rings. The summed E-state index contributed by atoms with van der Waals surface area (Å²) in [7, 11) is 0. The van der Waals surface area contributed by atoms with Crippen LogP contribution < -0.4 is 10.1 Å². The van der Waals surface area contributed by atoms with Crippen molar-refractivity contribution in [2.24, 2.45) is 5.92 Å². The minimum Gasteiger partial charge on any atom is -0.457 e. The molecular formula is C29H28F3N5O4S. The number of alkyl halides is 3. The topological polar surface area (TPSA) is 105 Å². The average molecular weight is 600 g/mol. The van der Waals surface area contributed by atoms with E-state index in [1.165, 1.54) is 17.4 Å². The summed E-state index contributed by atoms with van der Waals surface area (Å²) in [6.07, 6.45) is -2.85. The highest BCUT2D eigenvalue weighted by Gasteiger charge is 2.47. The highest BCUT2D eigenvalue weighted by molar-refractivity contribution is 7.14. The lowest BCUT2D eigenvalue weighted by Gasteiger charge is -2.21. The van der Waals surface area contributed by atoms with E-state index in [-0.39, 0.29) is 42.3 Å². The van der Waals surface area contributed by atoms with Crippen LogP contribution in [0, 0.1) is 12.8 Å². The maximum Gasteiger partial charge on any atom is 0.394 e. The van der Waals surface area contributed by atoms with Gasteiger partial charge in [-0.05, 0) is 56.2 Å². The molecule has 2 aliphatic heterocycles. The summed E-state index contributed by atoms with van der Waals surface area (Å²) in [6, 6.07) is 11.7. The molecule has 3 heterocycles. The number of hydrogen-bond donors (Lipinski definition) is 1. The fourth-order valence-electron chi connectivity index (χ4n) is 5.31. The molecule has 6 rings (SSSR count). The van der Waals surface area contributed by atoms with E-state index >= 15 is 0 Å². The molecular weight excluding hydrogens is 571 g/mol. The van der Waals surface area contributed by atoms with Crippen molar-refractivity contribution in [3.8, 4) is 22.1 Å². The third-order valence-electron chi connectivity index (χ3n) is 7.70. The number of nitrogens with zero attached hydrogens (tertiary/aromatic N) is 4. The van der Waals surface area contributed by atoms with Gasteiger partial charge in [0, 0.05) is 55.2 Å². The van der Waals surface area contributed by atoms with Crippen LogP contribution in [-0.4, -0.2) is 69.1 Å². The van der Waals surface area contributed by atoms with Crippen molar-refractivity contribution in [1.29, 1.82) is 0 Å². The Balaban J connectivity index is 1.22. The lowest BCUT2D eigenvalue weighted by molar-refractivity contribution is -0.171. The quantitative estimate of drug-likeness (QED) is 0.402. The summed E-state index contributed by atoms with van der Waals surface area (Å²) in [5, 5.41) is 12.7. The van der Waals surface area contributed by atoms with Gasteiger partial charge in [0.1, 0.15) is 21.5 Å². The van der Waals surface area contributed by atoms with Gasteiger partial charge in [-0.1, -0.05) is 17.4 Å². The van der Waals surface area contributed by atoms with Gasteiger partial charge in [0.25, 0.3) is 5.91 Å². The zero-order valence-electron chi connectivity index (χ0n) is 22.7. The van der Waals surface area contributed by atoms with Crippen LogP contribution in [0.15, 0.2) is 42.5 Å². The standard InChI is InChI=1S/C29H28F3N5O4S/c1-16-34-35-28(42-16)17-4-8-23(9-5-17)41-24-10-18(27(40)33-21-12-26(39)37(15-21)22-6-7-22)2-3-19(24)13-36-14-20(11-25(36)38)29(30,31)32/h2-5,8-10,20-22H,6-7,11-15H2,1H3,(H,33,40)/t20?,21-/m0/s1. The van der Waals surface area contributed by atoms with Crippen LogP contribution in [0.2, 0.25) is 0 Å². The van der Waals surface area contributed by atoms with Crippen LogP contribution in [0.5, 0.6) is 11.5 Å². The third-order valence-corrected chi connectivity index (χ3v) is 8.59. The first-order valence-corrected chi connectivity index (χ1v) is 14.5. The molecule has 3 amide bonds. The summed E-state index contributed by atoms with van der Waals surface area (Å²) in [6.45, 7) is 1.79. The Labute approximate surface area is 243 Å². The van der Waals surface area contributed by atoms with E-state index in [0.717, 1.165) is 33.3 Å². The smallest absolute Gasteiger partial charge is 0.394 e. The molecule has 3 fully saturated rings. The van der Waals surface area contributed by atoms with Crippen molar-refractivity contribution in [2.45, 2.75) is 57.4 Å². The highest BCUT2D eigenvalue weighted by atomic mass is 32.1. The Morgan fingerprint density at radius 1 is 1.05 bits per heavy atom. The van der Waals surface area contributed by atoms with E-state index in [0.29, 0.717) is 17.9 Å². The summed E-state index contributed by atoms with van der Waals surface area (Å²) in [4.78, 5) is 40.9. The third kappa shape index (κ3) is 6.10. The molecule has 13 heteroatoms. The van der Waals surface area contributed by atoms with E-state index in [2.05, 4.69) is 15.5 Å². The number of halogens is 3. The molecule has 220 valence electrons. The number of likely N-dealkylation sites (tertiary alicyclic amines) is 2. The van der Waals surface area contributed by atoms with Crippen molar-refractivity contribution in [1.82, 2.24) is 25.3 Å². The number of carbonyl (C=O) groups excluding carboxylic acids is 3. The molecule has 0 radical (unpaired) electrons. The molecule has 1 aliphatic carbocycles. The summed E-state index contributed by atoms with van der Waals surface area (Å²) >= 11 is 1.45. The lowest BCUT2D eigenvalue weighted by Crippen LogP contribution is -2.37. The Morgan fingerprint density at radius 2 is 1.81 bits per heavy atom. The first-order chi connectivity index (χ1) is 20.0. The number of rotatable bonds is 8. The second kappa shape index (κ2) is 11.0. The first kappa shape index (κ1) is 28.1. The van der Waals surface area contributed by atoms with Gasteiger partial charge in [-0.15, -0.1) is 10.2 Å². The summed E-state index contributed by atoms with van der Waals surface area (Å²) < 4.78 is 46.0. The fourth-order valence-corrected chi connectivity index (χ4v) is 6.01. The van der Waals surface area contributed by atoms with E-state index in [9.17, 15) is 27.6 Å². The second-order valence-electron chi connectivity index (χ2n) is 10.9. The van der Waals surface area contributed by atoms with Crippen molar-refractivity contribution in [3.05, 3.63) is 58.6 Å². The Morgan fingerprint density at radius 3 is 2.45 bits per heavy atom. The normalized spacial score (nSPS) is 20.9. The largest absolute Gasteiger partial charge is 0.457 e. The zero-order valence-corrected chi connectivity index (χ0v) is 23.5. The molecule has 2 aromatic carbocycles. The predicted octanol–water partition coefficient (Wildman–Crippen LogP) is 4.71. The van der Waals surface area contributed by atoms with Crippen molar-refractivity contribution in [2.75, 3.05) is 13.1 Å². The molecule has 2 saturated heterocycles. The van der Waals surface area contributed by atoms with E-state index in [4.69, 9.17) is 4.74 Å². The minimum absolute atomic E-state index is 0.0294. The number of hydrogen-bond acceptors (Lipinski definition) is 7. The summed E-state index contributed by atoms with van der Waals surface area (Å²) in [5.41, 5.74) is 1.57. The van der Waals surface area contributed by atoms with Crippen molar-refractivity contribution < 1.29 is 32.3 Å². The lowest BCUT2D eigenvalue weighted by atomic mass is 10.1. The fraction of sp³-hybridized carbons (Fsp3) is 0.414. The number of aryl methyl sites for hydroxylation is 1. The van der Waals surface area contributed by atoms with Crippen molar-refractivity contribution >= 4 is 29.1 Å². The van der Waals surface area contributed by atoms with Gasteiger partial charge in [0.05, 0.1) is 12.0 Å². The van der Waals surface area contributed by atoms with Gasteiger partial charge in [-0.2, -0.15) is 13.2 Å². The number of ether oxygens (including phenoxy) is 1. The second-order valence-corrected chi connectivity index (χ2v) is 12.1. The maximum absolute atomic E-state index is 13.3. The van der Waals surface area contributed by atoms with Crippen LogP contribution in [0.25, 0.3) is 10.6 Å². The molecule has 0 bridgehead atoms. The zero-order chi connectivity index (χ0) is 29.6. The number of carbonyl (C=O) groups is 3. The molecule has 1 N–H and O–H groups in total. The van der Waals surface area contributed by atoms with Gasteiger partial charge in [-0.3, -0.25) is 14.4 Å². The predicted molar refractivity (Wildman–Crippen MR) is 147 cm³/mol. The number of aromatic nitrogens is 2. The van der Waals surface area contributed by atoms with Gasteiger partial charge in [0.2, 0.25) is 11.8 Å². The van der Waals surface area contributed by atoms with Crippen LogP contribution in [0.1, 0.15) is 46.6 Å². The molecule has 3 aliphatic rings. The first-order valence-electron chi connectivity index (χ1n) is 13.7. The molecule has 1 aromatic heterocycles. The van der Waals surface area contributed by atoms with Gasteiger partial charge in [-0.25, -0.2) is 0 Å². The van der Waals surface area contributed by atoms with E-state index in [1.807, 2.05) is 24.0 Å². The monoisotopic (exact) mass is 599 g/mol. The Hall–Kier alpha value is -4.00. The van der Waals surface area contributed by atoms with Crippen LogP contribution in [0.4, 0.5) is 13.2 Å². The van der Waals surface area contributed by atoms with Crippen LogP contribution >= 0.6 is 11.3 Å². The Bertz CT molecular complexity index is 1520. The summed E-state index contributed by atoms with van der Waals surface area (Å²) in [5.74, 6) is -2.00. The highest BCUT2D eigenvalue weighted by Crippen LogP contribution is 2.37. The molecule has 9 nitrogen and oxygen atoms in total. The van der Waals surface area contributed by atoms with E-state index < -0.39 is 36.9 Å². The molecule has 42 heavy (non-hydrogen) atoms. The maximum atomic E-state index is 13.3. The molecule has 1 saturated carbocycles. The number of benzene rings is 2. The van der Waals surface area contributed by atoms with E-state index in [1.54, 1.807) is 24.3 Å². The number of amides is 3. The molecule has 1 unspecified atom stereocenters. The van der Waals surface area contributed by atoms with Gasteiger partial charge >= 0.3 is 6.18 Å². The van der Waals surface area contributed by atoms with Crippen LogP contribution in [0.3, 0.4) is 0 Å². The van der Waals surface area contributed by atoms with Gasteiger partial charge in [0.15, 0.2) is 0 Å². The minimum atomic E-state index is -4.46. The van der Waals surface area contributed by atoms with Gasteiger partial charge < -0.3 is 19.9 Å². The molecule has 0 spiro atoms. The number of nitrogens with one attached hydrogen (secondary N) is 1.